The quantitative estimate of drug-likeness (QED) is 0.554. The summed E-state index contributed by atoms with van der Waals surface area (Å²) in [5.41, 5.74) is 0. The Morgan fingerprint density at radius 2 is 1.90 bits per heavy atom. The van der Waals surface area contributed by atoms with E-state index in [1.54, 1.807) is 0 Å². The van der Waals surface area contributed by atoms with Gasteiger partial charge in [0.25, 0.3) is 0 Å². The van der Waals surface area contributed by atoms with E-state index in [9.17, 15) is 9.00 Å². The second-order valence-corrected chi connectivity index (χ2v) is 4.22. The Labute approximate surface area is 63.5 Å². The molecule has 3 heteroatoms. The van der Waals surface area contributed by atoms with Gasteiger partial charge in [0, 0.05) is 35.1 Å². The summed E-state index contributed by atoms with van der Waals surface area (Å²) in [4.78, 5) is 10.6. The Morgan fingerprint density at radius 3 is 2.30 bits per heavy atom. The molecule has 1 rings (SSSR count). The van der Waals surface area contributed by atoms with Gasteiger partial charge in [0.2, 0.25) is 0 Å². The lowest BCUT2D eigenvalue weighted by atomic mass is 9.99. The Kier molecular flexibility index (Phi) is 2.60. The molecule has 56 valence electrons. The third-order valence-electron chi connectivity index (χ3n) is 1.79. The van der Waals surface area contributed by atoms with Crippen LogP contribution in [0.25, 0.3) is 0 Å². The van der Waals surface area contributed by atoms with Crippen LogP contribution in [0.3, 0.4) is 0 Å². The molecule has 0 amide bonds. The minimum absolute atomic E-state index is 0.0160. The smallest absolute Gasteiger partial charge is 0.140 e. The molecular formula is C7H10O2S. The minimum Gasteiger partial charge on any atom is -0.299 e. The highest BCUT2D eigenvalue weighted by atomic mass is 32.2. The van der Waals surface area contributed by atoms with Crippen molar-refractivity contribution in [1.29, 1.82) is 0 Å². The van der Waals surface area contributed by atoms with Crippen molar-refractivity contribution in [3.63, 3.8) is 0 Å². The van der Waals surface area contributed by atoms with Gasteiger partial charge in [-0.25, -0.2) is 0 Å². The van der Waals surface area contributed by atoms with Gasteiger partial charge in [-0.2, -0.15) is 0 Å². The molecule has 1 aliphatic heterocycles. The summed E-state index contributed by atoms with van der Waals surface area (Å²) < 4.78 is 10.8. The Balaban J connectivity index is 2.40. The third kappa shape index (κ3) is 1.90. The number of Topliss-reactive ketones (excluding diaryl/α,β-unsaturated/α-hetero) is 1. The van der Waals surface area contributed by atoms with Crippen LogP contribution in [-0.4, -0.2) is 21.5 Å². The maximum Gasteiger partial charge on any atom is 0.140 e. The van der Waals surface area contributed by atoms with Crippen LogP contribution in [0.1, 0.15) is 12.8 Å². The van der Waals surface area contributed by atoms with E-state index in [2.05, 4.69) is 0 Å². The molecule has 0 spiro atoms. The summed E-state index contributed by atoms with van der Waals surface area (Å²) in [6.45, 7) is 5.07. The zero-order chi connectivity index (χ0) is 7.56. The molecule has 0 N–H and O–H groups in total. The van der Waals surface area contributed by atoms with E-state index in [-0.39, 0.29) is 11.7 Å². The van der Waals surface area contributed by atoms with E-state index < -0.39 is 10.8 Å². The Morgan fingerprint density at radius 1 is 1.40 bits per heavy atom. The molecule has 0 aliphatic carbocycles. The zero-order valence-corrected chi connectivity index (χ0v) is 6.52. The first-order valence-electron chi connectivity index (χ1n) is 3.34. The van der Waals surface area contributed by atoms with Crippen LogP contribution in [0.2, 0.25) is 0 Å². The minimum atomic E-state index is -0.685. The average molecular weight is 158 g/mol. The second kappa shape index (κ2) is 3.28. The SMILES string of the molecule is [CH]C(=O)C1CCS(=O)CC1. The van der Waals surface area contributed by atoms with Crippen LogP contribution in [-0.2, 0) is 15.6 Å². The van der Waals surface area contributed by atoms with Crippen molar-refractivity contribution in [2.75, 3.05) is 11.5 Å². The highest BCUT2D eigenvalue weighted by Gasteiger charge is 2.20. The van der Waals surface area contributed by atoms with Gasteiger partial charge in [-0.1, -0.05) is 0 Å². The summed E-state index contributed by atoms with van der Waals surface area (Å²) in [6.07, 6.45) is 1.42. The van der Waals surface area contributed by atoms with Gasteiger partial charge < -0.3 is 0 Å². The summed E-state index contributed by atoms with van der Waals surface area (Å²) in [5.74, 6) is 1.04. The first-order chi connectivity index (χ1) is 4.70. The van der Waals surface area contributed by atoms with Crippen molar-refractivity contribution in [2.24, 2.45) is 5.92 Å². The molecule has 2 radical (unpaired) electrons. The molecule has 0 unspecified atom stereocenters. The molecule has 0 saturated carbocycles. The predicted octanol–water partition coefficient (Wildman–Crippen LogP) is 0.425. The highest BCUT2D eigenvalue weighted by molar-refractivity contribution is 7.85. The fraction of sp³-hybridized carbons (Fsp3) is 0.714. The molecule has 1 heterocycles. The maximum absolute atomic E-state index is 10.8. The van der Waals surface area contributed by atoms with Crippen LogP contribution in [0.4, 0.5) is 0 Å². The van der Waals surface area contributed by atoms with Gasteiger partial charge in [0.15, 0.2) is 0 Å². The van der Waals surface area contributed by atoms with Gasteiger partial charge in [0.05, 0.1) is 0 Å². The van der Waals surface area contributed by atoms with Crippen molar-refractivity contribution < 1.29 is 9.00 Å². The molecule has 0 bridgehead atoms. The lowest BCUT2D eigenvalue weighted by molar-refractivity contribution is -0.118. The standard InChI is InChI=1S/C7H10O2S/c1-6(8)7-2-4-10(9)5-3-7/h1,7H,2-5H2. The number of rotatable bonds is 1. The Hall–Kier alpha value is -0.180. The highest BCUT2D eigenvalue weighted by Crippen LogP contribution is 2.16. The molecule has 0 atom stereocenters. The fourth-order valence-corrected chi connectivity index (χ4v) is 2.38. The van der Waals surface area contributed by atoms with Gasteiger partial charge >= 0.3 is 0 Å². The van der Waals surface area contributed by atoms with Crippen LogP contribution in [0, 0.1) is 12.8 Å². The van der Waals surface area contributed by atoms with Crippen LogP contribution < -0.4 is 0 Å². The largest absolute Gasteiger partial charge is 0.299 e. The number of hydrogen-bond donors (Lipinski definition) is 0. The molecular weight excluding hydrogens is 148 g/mol. The topological polar surface area (TPSA) is 34.1 Å². The average Bonchev–Trinajstić information content (AvgIpc) is 1.88. The Bertz CT molecular complexity index is 155. The van der Waals surface area contributed by atoms with Crippen LogP contribution in [0.5, 0.6) is 0 Å². The van der Waals surface area contributed by atoms with Gasteiger partial charge in [-0.05, 0) is 12.8 Å². The van der Waals surface area contributed by atoms with Crippen LogP contribution in [0.15, 0.2) is 0 Å². The lowest BCUT2D eigenvalue weighted by Crippen LogP contribution is -2.23. The van der Waals surface area contributed by atoms with Gasteiger partial charge in [0.1, 0.15) is 5.78 Å². The molecule has 2 nitrogen and oxygen atoms in total. The summed E-state index contributed by atoms with van der Waals surface area (Å²) in [6, 6.07) is 0. The molecule has 0 aromatic rings. The first-order valence-corrected chi connectivity index (χ1v) is 4.83. The number of hydrogen-bond acceptors (Lipinski definition) is 2. The fourth-order valence-electron chi connectivity index (χ4n) is 1.08. The predicted molar refractivity (Wildman–Crippen MR) is 39.9 cm³/mol. The van der Waals surface area contributed by atoms with E-state index in [4.69, 9.17) is 6.92 Å². The molecule has 0 aromatic carbocycles. The number of carbonyl (C=O) groups excluding carboxylic acids is 1. The van der Waals surface area contributed by atoms with E-state index in [0.717, 1.165) is 0 Å². The maximum atomic E-state index is 10.8. The van der Waals surface area contributed by atoms with E-state index in [1.165, 1.54) is 0 Å². The summed E-state index contributed by atoms with van der Waals surface area (Å²) >= 11 is 0. The van der Waals surface area contributed by atoms with Crippen LogP contribution >= 0.6 is 0 Å². The molecule has 1 aliphatic rings. The molecule has 10 heavy (non-hydrogen) atoms. The monoisotopic (exact) mass is 158 g/mol. The number of carbonyl (C=O) groups is 1. The molecule has 1 fully saturated rings. The van der Waals surface area contributed by atoms with Gasteiger partial charge in [-0.15, -0.1) is 0 Å². The van der Waals surface area contributed by atoms with Crippen molar-refractivity contribution in [1.82, 2.24) is 0 Å². The van der Waals surface area contributed by atoms with Crippen molar-refractivity contribution in [3.05, 3.63) is 6.92 Å². The third-order valence-corrected chi connectivity index (χ3v) is 3.17. The molecule has 1 saturated heterocycles. The molecule has 0 aromatic heterocycles. The van der Waals surface area contributed by atoms with E-state index >= 15 is 0 Å². The number of ketones is 1. The lowest BCUT2D eigenvalue weighted by Gasteiger charge is -2.17. The first kappa shape index (κ1) is 7.92. The normalized spacial score (nSPS) is 33.7. The summed E-state index contributed by atoms with van der Waals surface area (Å²) in [5, 5.41) is 0. The van der Waals surface area contributed by atoms with E-state index in [0.29, 0.717) is 24.3 Å². The van der Waals surface area contributed by atoms with Crippen molar-refractivity contribution in [2.45, 2.75) is 12.8 Å². The second-order valence-electron chi connectivity index (χ2n) is 2.52. The van der Waals surface area contributed by atoms with Crippen molar-refractivity contribution in [3.8, 4) is 0 Å². The van der Waals surface area contributed by atoms with E-state index in [1.807, 2.05) is 0 Å². The summed E-state index contributed by atoms with van der Waals surface area (Å²) in [7, 11) is -0.685. The zero-order valence-electron chi connectivity index (χ0n) is 5.71. The van der Waals surface area contributed by atoms with Crippen molar-refractivity contribution >= 4 is 16.6 Å². The van der Waals surface area contributed by atoms with Gasteiger partial charge in [-0.3, -0.25) is 9.00 Å².